The molecule has 1 heterocycles. The second kappa shape index (κ2) is 7.79. The molecule has 1 unspecified atom stereocenters. The summed E-state index contributed by atoms with van der Waals surface area (Å²) in [6.45, 7) is 11.4. The number of likely N-dealkylation sites (N-methyl/N-ethyl adjacent to an activating group) is 1. The predicted octanol–water partition coefficient (Wildman–Crippen LogP) is 2.72. The minimum absolute atomic E-state index is 0.0412. The molecule has 3 nitrogen and oxygen atoms in total. The molecule has 1 fully saturated rings. The normalized spacial score (nSPS) is 20.7. The topological polar surface area (TPSA) is 18.5 Å². The summed E-state index contributed by atoms with van der Waals surface area (Å²) in [7, 11) is 2.13. The van der Waals surface area contributed by atoms with Crippen LogP contribution < -0.4 is 5.32 Å². The summed E-state index contributed by atoms with van der Waals surface area (Å²) in [4.78, 5) is 4.78. The first-order valence-electron chi connectivity index (χ1n) is 7.84. The van der Waals surface area contributed by atoms with Gasteiger partial charge < -0.3 is 10.2 Å². The Morgan fingerprint density at radius 1 is 1.10 bits per heavy atom. The number of halogens is 3. The maximum Gasteiger partial charge on any atom is 0.389 e. The van der Waals surface area contributed by atoms with E-state index in [0.29, 0.717) is 6.42 Å². The molecule has 1 aliphatic heterocycles. The zero-order valence-corrected chi connectivity index (χ0v) is 13.8. The third-order valence-electron chi connectivity index (χ3n) is 4.34. The van der Waals surface area contributed by atoms with Gasteiger partial charge in [0.15, 0.2) is 0 Å². The van der Waals surface area contributed by atoms with Gasteiger partial charge in [-0.15, -0.1) is 0 Å². The van der Waals surface area contributed by atoms with Crippen LogP contribution >= 0.6 is 0 Å². The van der Waals surface area contributed by atoms with Crippen molar-refractivity contribution >= 4 is 0 Å². The molecule has 21 heavy (non-hydrogen) atoms. The Balaban J connectivity index is 2.25. The number of piperazine rings is 1. The van der Waals surface area contributed by atoms with E-state index >= 15 is 0 Å². The van der Waals surface area contributed by atoms with Crippen LogP contribution in [0.3, 0.4) is 0 Å². The lowest BCUT2D eigenvalue weighted by molar-refractivity contribution is -0.135. The van der Waals surface area contributed by atoms with Crippen molar-refractivity contribution in [1.29, 1.82) is 0 Å². The Morgan fingerprint density at radius 2 is 1.67 bits per heavy atom. The summed E-state index contributed by atoms with van der Waals surface area (Å²) in [6.07, 6.45) is -3.94. The molecule has 1 N–H and O–H groups in total. The smallest absolute Gasteiger partial charge is 0.312 e. The van der Waals surface area contributed by atoms with Crippen molar-refractivity contribution in [2.24, 2.45) is 0 Å². The van der Waals surface area contributed by atoms with Gasteiger partial charge in [-0.3, -0.25) is 4.90 Å². The molecule has 0 aromatic rings. The van der Waals surface area contributed by atoms with Crippen molar-refractivity contribution in [3.63, 3.8) is 0 Å². The van der Waals surface area contributed by atoms with Gasteiger partial charge in [0.2, 0.25) is 0 Å². The molecule has 1 atom stereocenters. The highest BCUT2D eigenvalue weighted by atomic mass is 19.4. The predicted molar refractivity (Wildman–Crippen MR) is 80.5 cm³/mol. The zero-order valence-electron chi connectivity index (χ0n) is 13.8. The van der Waals surface area contributed by atoms with Crippen molar-refractivity contribution < 1.29 is 13.2 Å². The standard InChI is InChI=1S/C15H30F3N3/c1-13(6-5-7-15(16,17)18)19-12-14(2,3)21-10-8-20(4)9-11-21/h13,19H,5-12H2,1-4H3. The van der Waals surface area contributed by atoms with E-state index in [0.717, 1.165) is 32.7 Å². The molecule has 126 valence electrons. The van der Waals surface area contributed by atoms with E-state index in [4.69, 9.17) is 0 Å². The van der Waals surface area contributed by atoms with Crippen molar-refractivity contribution in [2.45, 2.75) is 57.8 Å². The first-order valence-corrected chi connectivity index (χ1v) is 7.84. The molecule has 0 radical (unpaired) electrons. The lowest BCUT2D eigenvalue weighted by Crippen LogP contribution is -2.58. The van der Waals surface area contributed by atoms with Crippen LogP contribution in [0.5, 0.6) is 0 Å². The van der Waals surface area contributed by atoms with E-state index in [9.17, 15) is 13.2 Å². The number of hydrogen-bond acceptors (Lipinski definition) is 3. The molecule has 1 aliphatic rings. The van der Waals surface area contributed by atoms with Crippen LogP contribution in [0.2, 0.25) is 0 Å². The summed E-state index contributed by atoms with van der Waals surface area (Å²) >= 11 is 0. The first-order chi connectivity index (χ1) is 9.60. The monoisotopic (exact) mass is 309 g/mol. The van der Waals surface area contributed by atoms with Crippen molar-refractivity contribution in [3.05, 3.63) is 0 Å². The van der Waals surface area contributed by atoms with Crippen LogP contribution in [-0.4, -0.2) is 67.3 Å². The second-order valence-electron chi connectivity index (χ2n) is 6.89. The van der Waals surface area contributed by atoms with Crippen molar-refractivity contribution in [2.75, 3.05) is 39.8 Å². The van der Waals surface area contributed by atoms with E-state index in [1.165, 1.54) is 0 Å². The Kier molecular flexibility index (Phi) is 6.94. The molecule has 1 rings (SSSR count). The first kappa shape index (κ1) is 18.7. The molecule has 0 aromatic carbocycles. The number of rotatable bonds is 7. The summed E-state index contributed by atoms with van der Waals surface area (Å²) in [5.41, 5.74) is 0.0412. The van der Waals surface area contributed by atoms with E-state index in [2.05, 4.69) is 36.0 Å². The molecule has 0 aromatic heterocycles. The van der Waals surface area contributed by atoms with Crippen molar-refractivity contribution in [3.8, 4) is 0 Å². The number of alkyl halides is 3. The molecule has 6 heteroatoms. The Hall–Kier alpha value is -0.330. The highest BCUT2D eigenvalue weighted by Crippen LogP contribution is 2.23. The Bertz CT molecular complexity index is 297. The number of nitrogens with zero attached hydrogens (tertiary/aromatic N) is 2. The largest absolute Gasteiger partial charge is 0.389 e. The second-order valence-corrected chi connectivity index (χ2v) is 6.89. The third-order valence-corrected chi connectivity index (χ3v) is 4.34. The summed E-state index contributed by atoms with van der Waals surface area (Å²) < 4.78 is 36.4. The highest BCUT2D eigenvalue weighted by molar-refractivity contribution is 4.87. The SMILES string of the molecule is CC(CCCC(F)(F)F)NCC(C)(C)N1CCN(C)CC1. The Morgan fingerprint density at radius 3 is 2.19 bits per heavy atom. The molecule has 0 spiro atoms. The maximum absolute atomic E-state index is 12.1. The molecule has 0 bridgehead atoms. The number of nitrogens with one attached hydrogen (secondary N) is 1. The fraction of sp³-hybridized carbons (Fsp3) is 1.00. The Labute approximate surface area is 126 Å². The van der Waals surface area contributed by atoms with Crippen molar-refractivity contribution in [1.82, 2.24) is 15.1 Å². The zero-order chi connectivity index (χ0) is 16.1. The molecule has 0 aliphatic carbocycles. The lowest BCUT2D eigenvalue weighted by atomic mass is 10.0. The van der Waals surface area contributed by atoms with E-state index in [1.54, 1.807) is 0 Å². The molecule has 0 amide bonds. The molecular formula is C15H30F3N3. The molecular weight excluding hydrogens is 279 g/mol. The average molecular weight is 309 g/mol. The number of hydrogen-bond donors (Lipinski definition) is 1. The highest BCUT2D eigenvalue weighted by Gasteiger charge is 2.29. The molecule has 1 saturated heterocycles. The summed E-state index contributed by atoms with van der Waals surface area (Å²) in [6, 6.07) is 0.124. The van der Waals surface area contributed by atoms with Gasteiger partial charge >= 0.3 is 6.18 Å². The van der Waals surface area contributed by atoms with Gasteiger partial charge in [-0.1, -0.05) is 0 Å². The summed E-state index contributed by atoms with van der Waals surface area (Å²) in [5.74, 6) is 0. The fourth-order valence-corrected chi connectivity index (χ4v) is 2.66. The average Bonchev–Trinajstić information content (AvgIpc) is 2.35. The van der Waals surface area contributed by atoms with Gasteiger partial charge in [0.1, 0.15) is 0 Å². The van der Waals surface area contributed by atoms with Gasteiger partial charge in [-0.05, 0) is 40.7 Å². The fourth-order valence-electron chi connectivity index (χ4n) is 2.66. The minimum atomic E-state index is -4.03. The third kappa shape index (κ3) is 7.47. The van der Waals surface area contributed by atoms with Crippen LogP contribution in [0.15, 0.2) is 0 Å². The van der Waals surface area contributed by atoms with Gasteiger partial charge in [0, 0.05) is 50.7 Å². The van der Waals surface area contributed by atoms with E-state index in [1.807, 2.05) is 6.92 Å². The summed E-state index contributed by atoms with van der Waals surface area (Å²) in [5, 5.41) is 3.40. The van der Waals surface area contributed by atoms with Gasteiger partial charge in [-0.25, -0.2) is 0 Å². The minimum Gasteiger partial charge on any atom is -0.312 e. The quantitative estimate of drug-likeness (QED) is 0.780. The van der Waals surface area contributed by atoms with Gasteiger partial charge in [0.05, 0.1) is 0 Å². The van der Waals surface area contributed by atoms with Crippen LogP contribution in [-0.2, 0) is 0 Å². The van der Waals surface area contributed by atoms with Gasteiger partial charge in [0.25, 0.3) is 0 Å². The van der Waals surface area contributed by atoms with Crippen LogP contribution in [0.25, 0.3) is 0 Å². The van der Waals surface area contributed by atoms with Crippen LogP contribution in [0, 0.1) is 0 Å². The lowest BCUT2D eigenvalue weighted by Gasteiger charge is -2.44. The maximum atomic E-state index is 12.1. The van der Waals surface area contributed by atoms with Gasteiger partial charge in [-0.2, -0.15) is 13.2 Å². The van der Waals surface area contributed by atoms with Crippen LogP contribution in [0.1, 0.15) is 40.0 Å². The van der Waals surface area contributed by atoms with Crippen LogP contribution in [0.4, 0.5) is 13.2 Å². The van der Waals surface area contributed by atoms with E-state index < -0.39 is 12.6 Å². The van der Waals surface area contributed by atoms with E-state index in [-0.39, 0.29) is 18.0 Å². The molecule has 0 saturated carbocycles.